The summed E-state index contributed by atoms with van der Waals surface area (Å²) in [5, 5.41) is 4.88. The van der Waals surface area contributed by atoms with Gasteiger partial charge in [-0.05, 0) is 18.2 Å². The number of fused-ring (bicyclic) bond motifs is 1. The van der Waals surface area contributed by atoms with Crippen LogP contribution in [0.4, 0.5) is 5.13 Å². The Kier molecular flexibility index (Phi) is 4.27. The number of thiazole rings is 1. The fraction of sp³-hybridized carbons (Fsp3) is 0. The third-order valence-corrected chi connectivity index (χ3v) is 4.42. The van der Waals surface area contributed by atoms with Gasteiger partial charge in [0.15, 0.2) is 10.7 Å². The van der Waals surface area contributed by atoms with Gasteiger partial charge in [0.05, 0.1) is 5.69 Å². The third kappa shape index (κ3) is 3.62. The van der Waals surface area contributed by atoms with Gasteiger partial charge in [0, 0.05) is 29.3 Å². The first-order chi connectivity index (χ1) is 13.1. The molecule has 0 aliphatic carbocycles. The van der Waals surface area contributed by atoms with Gasteiger partial charge in [-0.2, -0.15) is 0 Å². The Hall–Kier alpha value is -3.72. The van der Waals surface area contributed by atoms with Gasteiger partial charge >= 0.3 is 0 Å². The molecule has 9 heteroatoms. The molecule has 0 saturated heterocycles. The quantitative estimate of drug-likeness (QED) is 0.459. The molecule has 0 unspecified atom stereocenters. The number of carbonyl (C=O) groups is 2. The lowest BCUT2D eigenvalue weighted by Gasteiger charge is -1.95. The molecule has 0 bridgehead atoms. The van der Waals surface area contributed by atoms with Gasteiger partial charge in [-0.25, -0.2) is 9.97 Å². The Balaban J connectivity index is 1.43. The van der Waals surface area contributed by atoms with Crippen molar-refractivity contribution in [3.8, 4) is 11.3 Å². The molecule has 134 valence electrons. The zero-order valence-electron chi connectivity index (χ0n) is 13.8. The highest BCUT2D eigenvalue weighted by Crippen LogP contribution is 2.25. The van der Waals surface area contributed by atoms with Crippen molar-refractivity contribution in [1.29, 1.82) is 0 Å². The Bertz CT molecular complexity index is 1140. The minimum Gasteiger partial charge on any atom is -0.437 e. The smallest absolute Gasteiger partial charge is 0.265 e. The summed E-state index contributed by atoms with van der Waals surface area (Å²) in [5.41, 5.74) is 8.23. The Morgan fingerprint density at radius 1 is 1.26 bits per heavy atom. The van der Waals surface area contributed by atoms with Crippen LogP contribution in [-0.2, 0) is 4.79 Å². The van der Waals surface area contributed by atoms with Gasteiger partial charge in [0.25, 0.3) is 5.91 Å². The number of rotatable bonds is 5. The molecule has 0 saturated carbocycles. The zero-order valence-corrected chi connectivity index (χ0v) is 14.6. The average Bonchev–Trinajstić information content (AvgIpc) is 3.38. The average molecular weight is 379 g/mol. The van der Waals surface area contributed by atoms with Gasteiger partial charge in [-0.15, -0.1) is 11.3 Å². The van der Waals surface area contributed by atoms with Crippen LogP contribution in [0.3, 0.4) is 0 Å². The monoisotopic (exact) mass is 379 g/mol. The van der Waals surface area contributed by atoms with Crippen molar-refractivity contribution < 1.29 is 14.0 Å². The molecule has 0 atom stereocenters. The molecule has 0 radical (unpaired) electrons. The molecular formula is C18H13N5O3S. The topological polar surface area (TPSA) is 127 Å². The van der Waals surface area contributed by atoms with Crippen molar-refractivity contribution >= 4 is 45.5 Å². The summed E-state index contributed by atoms with van der Waals surface area (Å²) in [6.07, 6.45) is 4.45. The SMILES string of the molecule is NC(=O)c1cc(-c2csc(NC(=O)/C=C/c3nc4ccccc4o3)n2)c[nH]1. The summed E-state index contributed by atoms with van der Waals surface area (Å²) in [4.78, 5) is 34.6. The van der Waals surface area contributed by atoms with Crippen LogP contribution in [0.5, 0.6) is 0 Å². The molecule has 2 amide bonds. The molecule has 3 heterocycles. The predicted octanol–water partition coefficient (Wildman–Crippen LogP) is 3.03. The van der Waals surface area contributed by atoms with Crippen LogP contribution in [0.15, 0.2) is 52.4 Å². The number of amides is 2. The van der Waals surface area contributed by atoms with Crippen LogP contribution < -0.4 is 11.1 Å². The number of aromatic amines is 1. The largest absolute Gasteiger partial charge is 0.437 e. The maximum atomic E-state index is 12.1. The van der Waals surface area contributed by atoms with Crippen LogP contribution in [-0.4, -0.2) is 26.8 Å². The number of H-pyrrole nitrogens is 1. The number of nitrogens with two attached hydrogens (primary N) is 1. The summed E-state index contributed by atoms with van der Waals surface area (Å²) in [6, 6.07) is 8.96. The minimum absolute atomic E-state index is 0.296. The number of para-hydroxylation sites is 2. The summed E-state index contributed by atoms with van der Waals surface area (Å²) < 4.78 is 5.52. The normalized spacial score (nSPS) is 11.3. The van der Waals surface area contributed by atoms with Crippen molar-refractivity contribution in [2.24, 2.45) is 5.73 Å². The number of carbonyl (C=O) groups excluding carboxylic acids is 2. The van der Waals surface area contributed by atoms with E-state index in [9.17, 15) is 9.59 Å². The van der Waals surface area contributed by atoms with Crippen LogP contribution >= 0.6 is 11.3 Å². The van der Waals surface area contributed by atoms with E-state index in [1.54, 1.807) is 17.6 Å². The molecule has 0 spiro atoms. The standard InChI is InChI=1S/C18H13N5O3S/c19-17(25)12-7-10(8-20-12)13-9-27-18(22-13)23-15(24)5-6-16-21-11-3-1-2-4-14(11)26-16/h1-9,20H,(H2,19,25)(H,22,23,24)/b6-5+. The number of hydrogen-bond donors (Lipinski definition) is 3. The number of hydrogen-bond acceptors (Lipinski definition) is 6. The maximum absolute atomic E-state index is 12.1. The Labute approximate surface area is 156 Å². The number of primary amides is 1. The lowest BCUT2D eigenvalue weighted by molar-refractivity contribution is -0.111. The van der Waals surface area contributed by atoms with Crippen molar-refractivity contribution in [3.05, 3.63) is 59.6 Å². The molecule has 3 aromatic heterocycles. The molecule has 0 aliphatic heterocycles. The van der Waals surface area contributed by atoms with E-state index >= 15 is 0 Å². The summed E-state index contributed by atoms with van der Waals surface area (Å²) in [5.74, 6) is -0.558. The highest BCUT2D eigenvalue weighted by atomic mass is 32.1. The number of nitrogens with one attached hydrogen (secondary N) is 2. The van der Waals surface area contributed by atoms with Gasteiger partial charge < -0.3 is 15.1 Å². The maximum Gasteiger partial charge on any atom is 0.265 e. The molecule has 4 N–H and O–H groups in total. The number of anilines is 1. The Morgan fingerprint density at radius 3 is 2.89 bits per heavy atom. The highest BCUT2D eigenvalue weighted by molar-refractivity contribution is 7.14. The number of benzene rings is 1. The second kappa shape index (κ2) is 6.89. The molecule has 8 nitrogen and oxygen atoms in total. The fourth-order valence-electron chi connectivity index (χ4n) is 2.40. The number of nitrogens with zero attached hydrogens (tertiary/aromatic N) is 2. The first kappa shape index (κ1) is 16.7. The van der Waals surface area contributed by atoms with Crippen molar-refractivity contribution in [3.63, 3.8) is 0 Å². The van der Waals surface area contributed by atoms with Gasteiger partial charge in [0.1, 0.15) is 11.2 Å². The molecule has 27 heavy (non-hydrogen) atoms. The van der Waals surface area contributed by atoms with Crippen molar-refractivity contribution in [2.75, 3.05) is 5.32 Å². The summed E-state index contributed by atoms with van der Waals surface area (Å²) >= 11 is 1.27. The first-order valence-corrected chi connectivity index (χ1v) is 8.75. The minimum atomic E-state index is -0.547. The lowest BCUT2D eigenvalue weighted by atomic mass is 10.2. The Morgan fingerprint density at radius 2 is 2.11 bits per heavy atom. The van der Waals surface area contributed by atoms with E-state index < -0.39 is 5.91 Å². The summed E-state index contributed by atoms with van der Waals surface area (Å²) in [6.45, 7) is 0. The lowest BCUT2D eigenvalue weighted by Crippen LogP contribution is -2.10. The number of aromatic nitrogens is 3. The van der Waals surface area contributed by atoms with Crippen molar-refractivity contribution in [1.82, 2.24) is 15.0 Å². The van der Waals surface area contributed by atoms with Crippen molar-refractivity contribution in [2.45, 2.75) is 0 Å². The third-order valence-electron chi connectivity index (χ3n) is 3.67. The van der Waals surface area contributed by atoms with Crippen LogP contribution in [0.25, 0.3) is 28.4 Å². The van der Waals surface area contributed by atoms with E-state index in [0.29, 0.717) is 33.6 Å². The molecule has 0 aliphatic rings. The second-order valence-electron chi connectivity index (χ2n) is 5.55. The first-order valence-electron chi connectivity index (χ1n) is 7.87. The van der Waals surface area contributed by atoms with Crippen LogP contribution in [0, 0.1) is 0 Å². The highest BCUT2D eigenvalue weighted by Gasteiger charge is 2.10. The molecular weight excluding hydrogens is 366 g/mol. The molecule has 1 aromatic carbocycles. The van der Waals surface area contributed by atoms with Crippen LogP contribution in [0.2, 0.25) is 0 Å². The molecule has 4 aromatic rings. The second-order valence-corrected chi connectivity index (χ2v) is 6.40. The van der Waals surface area contributed by atoms with Gasteiger partial charge in [-0.3, -0.25) is 14.9 Å². The van der Waals surface area contributed by atoms with E-state index in [4.69, 9.17) is 10.2 Å². The number of oxazole rings is 1. The molecule has 0 fully saturated rings. The van der Waals surface area contributed by atoms with Gasteiger partial charge in [-0.1, -0.05) is 12.1 Å². The van der Waals surface area contributed by atoms with E-state index in [1.165, 1.54) is 23.5 Å². The molecule has 4 rings (SSSR count). The predicted molar refractivity (Wildman–Crippen MR) is 102 cm³/mol. The van der Waals surface area contributed by atoms with E-state index in [-0.39, 0.29) is 5.91 Å². The summed E-state index contributed by atoms with van der Waals surface area (Å²) in [7, 11) is 0. The van der Waals surface area contributed by atoms with E-state index in [1.807, 2.05) is 24.3 Å². The fourth-order valence-corrected chi connectivity index (χ4v) is 3.13. The zero-order chi connectivity index (χ0) is 18.8. The van der Waals surface area contributed by atoms with Crippen LogP contribution in [0.1, 0.15) is 16.4 Å². The van der Waals surface area contributed by atoms with E-state index in [2.05, 4.69) is 20.3 Å². The van der Waals surface area contributed by atoms with Gasteiger partial charge in [0.2, 0.25) is 11.8 Å². The van der Waals surface area contributed by atoms with E-state index in [0.717, 1.165) is 5.52 Å².